The van der Waals surface area contributed by atoms with Crippen molar-refractivity contribution >= 4 is 0 Å². The van der Waals surface area contributed by atoms with Crippen molar-refractivity contribution in [3.63, 3.8) is 0 Å². The molecule has 2 aromatic rings. The number of halogens is 1. The van der Waals surface area contributed by atoms with Crippen LogP contribution in [0.1, 0.15) is 37.1 Å². The molecule has 0 amide bonds. The van der Waals surface area contributed by atoms with Crippen LogP contribution in [0.15, 0.2) is 47.1 Å². The molecule has 0 radical (unpaired) electrons. The van der Waals surface area contributed by atoms with Crippen LogP contribution in [0.2, 0.25) is 0 Å². The molecule has 1 aromatic carbocycles. The molecule has 0 aliphatic carbocycles. The second-order valence-electron chi connectivity index (χ2n) is 4.68. The molecule has 1 heterocycles. The fourth-order valence-corrected chi connectivity index (χ4v) is 2.17. The van der Waals surface area contributed by atoms with Gasteiger partial charge in [0.1, 0.15) is 11.6 Å². The highest BCUT2D eigenvalue weighted by molar-refractivity contribution is 5.20. The molecule has 3 heteroatoms. The van der Waals surface area contributed by atoms with E-state index < -0.39 is 0 Å². The number of benzene rings is 1. The third-order valence-corrected chi connectivity index (χ3v) is 3.15. The summed E-state index contributed by atoms with van der Waals surface area (Å²) in [5, 5.41) is 3.47. The Hall–Kier alpha value is -1.61. The predicted molar refractivity (Wildman–Crippen MR) is 74.5 cm³/mol. The summed E-state index contributed by atoms with van der Waals surface area (Å²) in [4.78, 5) is 0. The van der Waals surface area contributed by atoms with Gasteiger partial charge >= 0.3 is 0 Å². The van der Waals surface area contributed by atoms with Gasteiger partial charge in [-0.05, 0) is 49.2 Å². The molecule has 1 atom stereocenters. The first kappa shape index (κ1) is 13.8. The first-order chi connectivity index (χ1) is 9.29. The number of hydrogen-bond donors (Lipinski definition) is 1. The molecule has 0 saturated heterocycles. The Kier molecular flexibility index (Phi) is 5.16. The highest BCUT2D eigenvalue weighted by Gasteiger charge is 2.12. The Morgan fingerprint density at radius 2 is 2.16 bits per heavy atom. The van der Waals surface area contributed by atoms with E-state index in [9.17, 15) is 4.39 Å². The fraction of sp³-hybridized carbons (Fsp3) is 0.375. The zero-order chi connectivity index (χ0) is 13.5. The summed E-state index contributed by atoms with van der Waals surface area (Å²) in [5.74, 6) is 0.790. The fourth-order valence-electron chi connectivity index (χ4n) is 2.17. The van der Waals surface area contributed by atoms with Crippen LogP contribution in [0.3, 0.4) is 0 Å². The Labute approximate surface area is 113 Å². The highest BCUT2D eigenvalue weighted by Crippen LogP contribution is 2.20. The number of hydrogen-bond acceptors (Lipinski definition) is 2. The largest absolute Gasteiger partial charge is 0.469 e. The normalized spacial score (nSPS) is 12.5. The van der Waals surface area contributed by atoms with Crippen molar-refractivity contribution in [3.05, 3.63) is 59.8 Å². The Morgan fingerprint density at radius 1 is 1.26 bits per heavy atom. The summed E-state index contributed by atoms with van der Waals surface area (Å²) in [7, 11) is 0. The molecule has 1 N–H and O–H groups in total. The molecular weight excluding hydrogens is 241 g/mol. The van der Waals surface area contributed by atoms with Crippen LogP contribution in [0.4, 0.5) is 4.39 Å². The van der Waals surface area contributed by atoms with Crippen molar-refractivity contribution in [2.45, 2.75) is 32.2 Å². The molecule has 0 fully saturated rings. The molecule has 1 aromatic heterocycles. The van der Waals surface area contributed by atoms with E-state index in [0.29, 0.717) is 0 Å². The van der Waals surface area contributed by atoms with Crippen molar-refractivity contribution in [2.24, 2.45) is 0 Å². The first-order valence-electron chi connectivity index (χ1n) is 6.81. The van der Waals surface area contributed by atoms with E-state index in [-0.39, 0.29) is 11.9 Å². The van der Waals surface area contributed by atoms with Crippen LogP contribution >= 0.6 is 0 Å². The van der Waals surface area contributed by atoms with E-state index in [1.807, 2.05) is 18.2 Å². The number of aryl methyl sites for hydroxylation is 1. The van der Waals surface area contributed by atoms with Crippen molar-refractivity contribution in [3.8, 4) is 0 Å². The quantitative estimate of drug-likeness (QED) is 0.812. The Balaban J connectivity index is 2.02. The molecule has 2 nitrogen and oxygen atoms in total. The van der Waals surface area contributed by atoms with E-state index in [4.69, 9.17) is 4.42 Å². The highest BCUT2D eigenvalue weighted by atomic mass is 19.1. The van der Waals surface area contributed by atoms with Crippen molar-refractivity contribution in [2.75, 3.05) is 6.54 Å². The zero-order valence-electron chi connectivity index (χ0n) is 11.2. The Morgan fingerprint density at radius 3 is 2.84 bits per heavy atom. The van der Waals surface area contributed by atoms with Crippen molar-refractivity contribution < 1.29 is 8.81 Å². The van der Waals surface area contributed by atoms with Gasteiger partial charge in [0.15, 0.2) is 0 Å². The summed E-state index contributed by atoms with van der Waals surface area (Å²) in [5.41, 5.74) is 1.00. The molecule has 19 heavy (non-hydrogen) atoms. The van der Waals surface area contributed by atoms with Gasteiger partial charge in [-0.1, -0.05) is 19.1 Å². The predicted octanol–water partition coefficient (Wildman–Crippen LogP) is 4.09. The third-order valence-electron chi connectivity index (χ3n) is 3.15. The van der Waals surface area contributed by atoms with Gasteiger partial charge in [0.25, 0.3) is 0 Å². The molecule has 0 bridgehead atoms. The lowest BCUT2D eigenvalue weighted by Gasteiger charge is -2.18. The van der Waals surface area contributed by atoms with Gasteiger partial charge in [-0.15, -0.1) is 0 Å². The summed E-state index contributed by atoms with van der Waals surface area (Å²) in [6.45, 7) is 3.06. The maximum atomic E-state index is 13.3. The van der Waals surface area contributed by atoms with Gasteiger partial charge in [0, 0.05) is 12.5 Å². The van der Waals surface area contributed by atoms with Crippen LogP contribution in [-0.4, -0.2) is 6.54 Å². The summed E-state index contributed by atoms with van der Waals surface area (Å²) >= 11 is 0. The minimum atomic E-state index is -0.182. The SMILES string of the molecule is CCCNC(CCc1ccco1)c1cccc(F)c1. The molecule has 1 unspecified atom stereocenters. The molecule has 0 aliphatic heterocycles. The molecule has 0 aliphatic rings. The molecule has 2 rings (SSSR count). The Bertz CT molecular complexity index is 481. The number of rotatable bonds is 7. The second-order valence-corrected chi connectivity index (χ2v) is 4.68. The lowest BCUT2D eigenvalue weighted by molar-refractivity contribution is 0.451. The smallest absolute Gasteiger partial charge is 0.123 e. The van der Waals surface area contributed by atoms with E-state index in [1.54, 1.807) is 18.4 Å². The maximum absolute atomic E-state index is 13.3. The van der Waals surface area contributed by atoms with E-state index in [1.165, 1.54) is 6.07 Å². The van der Waals surface area contributed by atoms with Gasteiger partial charge in [0.2, 0.25) is 0 Å². The van der Waals surface area contributed by atoms with E-state index >= 15 is 0 Å². The first-order valence-corrected chi connectivity index (χ1v) is 6.81. The monoisotopic (exact) mass is 261 g/mol. The van der Waals surface area contributed by atoms with Crippen LogP contribution in [0.5, 0.6) is 0 Å². The third kappa shape index (κ3) is 4.21. The minimum Gasteiger partial charge on any atom is -0.469 e. The lowest BCUT2D eigenvalue weighted by atomic mass is 10.0. The van der Waals surface area contributed by atoms with Crippen LogP contribution in [0, 0.1) is 5.82 Å². The molecule has 102 valence electrons. The minimum absolute atomic E-state index is 0.167. The number of nitrogens with one attached hydrogen (secondary N) is 1. The molecular formula is C16H20FNO. The van der Waals surface area contributed by atoms with E-state index in [0.717, 1.165) is 37.1 Å². The summed E-state index contributed by atoms with van der Waals surface area (Å²) < 4.78 is 18.7. The summed E-state index contributed by atoms with van der Waals surface area (Å²) in [6, 6.07) is 10.9. The van der Waals surface area contributed by atoms with Crippen molar-refractivity contribution in [1.29, 1.82) is 0 Å². The van der Waals surface area contributed by atoms with Gasteiger partial charge in [-0.25, -0.2) is 4.39 Å². The maximum Gasteiger partial charge on any atom is 0.123 e. The average Bonchev–Trinajstić information content (AvgIpc) is 2.92. The van der Waals surface area contributed by atoms with Gasteiger partial charge < -0.3 is 9.73 Å². The van der Waals surface area contributed by atoms with Crippen LogP contribution in [-0.2, 0) is 6.42 Å². The zero-order valence-corrected chi connectivity index (χ0v) is 11.2. The number of furan rings is 1. The second kappa shape index (κ2) is 7.10. The van der Waals surface area contributed by atoms with Crippen LogP contribution in [0.25, 0.3) is 0 Å². The van der Waals surface area contributed by atoms with Crippen LogP contribution < -0.4 is 5.32 Å². The van der Waals surface area contributed by atoms with E-state index in [2.05, 4.69) is 12.2 Å². The summed E-state index contributed by atoms with van der Waals surface area (Å²) in [6.07, 6.45) is 4.50. The van der Waals surface area contributed by atoms with Gasteiger partial charge in [0.05, 0.1) is 6.26 Å². The standard InChI is InChI=1S/C16H20FNO/c1-2-10-18-16(9-8-15-7-4-11-19-15)13-5-3-6-14(17)12-13/h3-7,11-12,16,18H,2,8-10H2,1H3. The van der Waals surface area contributed by atoms with Crippen molar-refractivity contribution in [1.82, 2.24) is 5.32 Å². The lowest BCUT2D eigenvalue weighted by Crippen LogP contribution is -2.22. The average molecular weight is 261 g/mol. The topological polar surface area (TPSA) is 25.2 Å². The molecule has 0 spiro atoms. The van der Waals surface area contributed by atoms with Gasteiger partial charge in [-0.3, -0.25) is 0 Å². The molecule has 0 saturated carbocycles. The van der Waals surface area contributed by atoms with Gasteiger partial charge in [-0.2, -0.15) is 0 Å².